The van der Waals surface area contributed by atoms with Gasteiger partial charge in [-0.1, -0.05) is 6.42 Å². The van der Waals surface area contributed by atoms with Crippen LogP contribution in [0.15, 0.2) is 0 Å². The van der Waals surface area contributed by atoms with Crippen LogP contribution in [-0.2, 0) is 19.1 Å². The number of ether oxygens (including phenoxy) is 1. The number of nitrogens with two attached hydrogens (primary N) is 3. The molecule has 0 bridgehead atoms. The van der Waals surface area contributed by atoms with Crippen LogP contribution in [0.1, 0.15) is 77.0 Å². The van der Waals surface area contributed by atoms with Gasteiger partial charge in [0, 0.05) is 32.6 Å². The van der Waals surface area contributed by atoms with Crippen LogP contribution in [0.25, 0.3) is 0 Å². The van der Waals surface area contributed by atoms with Gasteiger partial charge in [0.1, 0.15) is 12.1 Å². The molecule has 212 valence electrons. The minimum atomic E-state index is -0.720. The summed E-state index contributed by atoms with van der Waals surface area (Å²) < 4.78 is 5.09. The van der Waals surface area contributed by atoms with E-state index in [2.05, 4.69) is 16.0 Å². The molecule has 0 fully saturated rings. The molecule has 10 N–H and O–H groups in total. The first kappa shape index (κ1) is 34.2. The van der Waals surface area contributed by atoms with Gasteiger partial charge in [0.25, 0.3) is 0 Å². The Morgan fingerprint density at radius 3 is 1.86 bits per heavy atom. The summed E-state index contributed by atoms with van der Waals surface area (Å²) in [6, 6.07) is -1.42. The molecule has 0 aromatic rings. The van der Waals surface area contributed by atoms with E-state index in [-0.39, 0.29) is 30.2 Å². The van der Waals surface area contributed by atoms with Crippen molar-refractivity contribution in [3.63, 3.8) is 0 Å². The van der Waals surface area contributed by atoms with Crippen LogP contribution in [0.4, 0.5) is 0 Å². The summed E-state index contributed by atoms with van der Waals surface area (Å²) in [5.41, 5.74) is 16.7. The number of amides is 3. The van der Waals surface area contributed by atoms with Gasteiger partial charge in [0.15, 0.2) is 0 Å². The number of methoxy groups -OCH3 is 1. The van der Waals surface area contributed by atoms with E-state index in [1.165, 1.54) is 0 Å². The summed E-state index contributed by atoms with van der Waals surface area (Å²) in [7, 11) is 1.61. The van der Waals surface area contributed by atoms with Crippen molar-refractivity contribution in [2.75, 3.05) is 46.5 Å². The van der Waals surface area contributed by atoms with Crippen molar-refractivity contribution < 1.29 is 24.2 Å². The summed E-state index contributed by atoms with van der Waals surface area (Å²) in [4.78, 5) is 38.3. The van der Waals surface area contributed by atoms with Crippen LogP contribution < -0.4 is 33.2 Å². The molecule has 11 heteroatoms. The fourth-order valence-electron chi connectivity index (χ4n) is 3.85. The molecule has 0 spiro atoms. The number of aliphatic hydroxyl groups excluding tert-OH is 1. The zero-order chi connectivity index (χ0) is 27.0. The summed E-state index contributed by atoms with van der Waals surface area (Å²) >= 11 is 0. The lowest BCUT2D eigenvalue weighted by molar-refractivity contribution is -0.132. The topological polar surface area (TPSA) is 195 Å². The molecule has 0 heterocycles. The largest absolute Gasteiger partial charge is 0.396 e. The van der Waals surface area contributed by atoms with Gasteiger partial charge in [0.2, 0.25) is 17.7 Å². The Hall–Kier alpha value is -1.79. The number of hydrogen-bond acceptors (Lipinski definition) is 8. The second kappa shape index (κ2) is 23.6. The number of aliphatic hydroxyl groups is 1. The number of hydrogen-bond donors (Lipinski definition) is 7. The first-order valence-corrected chi connectivity index (χ1v) is 13.5. The highest BCUT2D eigenvalue weighted by molar-refractivity contribution is 5.92. The number of nitrogens with one attached hydrogen (secondary N) is 3. The van der Waals surface area contributed by atoms with E-state index in [4.69, 9.17) is 21.9 Å². The van der Waals surface area contributed by atoms with Crippen LogP contribution in [-0.4, -0.2) is 81.4 Å². The number of unbranched alkanes of at least 4 members (excludes halogenated alkanes) is 4. The zero-order valence-electron chi connectivity index (χ0n) is 22.3. The third-order valence-electron chi connectivity index (χ3n) is 6.04. The zero-order valence-corrected chi connectivity index (χ0v) is 22.3. The summed E-state index contributed by atoms with van der Waals surface area (Å²) in [5, 5.41) is 17.9. The van der Waals surface area contributed by atoms with Crippen molar-refractivity contribution in [1.82, 2.24) is 16.0 Å². The van der Waals surface area contributed by atoms with E-state index >= 15 is 0 Å². The van der Waals surface area contributed by atoms with E-state index in [0.717, 1.165) is 38.5 Å². The molecule has 0 aromatic heterocycles. The first-order valence-electron chi connectivity index (χ1n) is 13.5. The molecule has 0 aliphatic heterocycles. The Bertz CT molecular complexity index is 581. The molecule has 36 heavy (non-hydrogen) atoms. The Morgan fingerprint density at radius 2 is 1.31 bits per heavy atom. The minimum absolute atomic E-state index is 0.0749. The molecule has 11 nitrogen and oxygen atoms in total. The Balaban J connectivity index is 4.93. The first-order chi connectivity index (χ1) is 17.4. The number of carbonyl (C=O) groups is 3. The predicted molar refractivity (Wildman–Crippen MR) is 142 cm³/mol. The van der Waals surface area contributed by atoms with Crippen molar-refractivity contribution in [1.29, 1.82) is 0 Å². The lowest BCUT2D eigenvalue weighted by Crippen LogP contribution is -2.53. The maximum absolute atomic E-state index is 13.1. The van der Waals surface area contributed by atoms with Gasteiger partial charge in [0.05, 0.1) is 6.61 Å². The van der Waals surface area contributed by atoms with E-state index in [1.807, 2.05) is 0 Å². The quantitative estimate of drug-likeness (QED) is 0.0862. The van der Waals surface area contributed by atoms with Crippen molar-refractivity contribution in [2.24, 2.45) is 23.1 Å². The fourth-order valence-corrected chi connectivity index (χ4v) is 3.85. The molecular weight excluding hydrogens is 464 g/mol. The average Bonchev–Trinajstić information content (AvgIpc) is 2.86. The van der Waals surface area contributed by atoms with Crippen LogP contribution in [0.2, 0.25) is 0 Å². The number of rotatable bonds is 24. The highest BCUT2D eigenvalue weighted by Gasteiger charge is 2.26. The standard InChI is InChI=1S/C25H52N6O5/c1-36-19-20(18-32)10-5-9-17-29-24(34)21(11-2-6-14-26)31-25(35)22(12-3-7-15-27)30-23(33)13-4-8-16-28/h20-22,32H,2-19,26-28H2,1H3,(H,29,34)(H,30,33)(H,31,35)/t20?,21-,22-/m0/s1. The van der Waals surface area contributed by atoms with Crippen molar-refractivity contribution in [3.8, 4) is 0 Å². The molecule has 0 aromatic carbocycles. The highest BCUT2D eigenvalue weighted by Crippen LogP contribution is 2.09. The van der Waals surface area contributed by atoms with Crippen LogP contribution >= 0.6 is 0 Å². The third-order valence-corrected chi connectivity index (χ3v) is 6.04. The highest BCUT2D eigenvalue weighted by atomic mass is 16.5. The lowest BCUT2D eigenvalue weighted by atomic mass is 10.0. The molecule has 0 saturated carbocycles. The predicted octanol–water partition coefficient (Wildman–Crippen LogP) is -0.116. The van der Waals surface area contributed by atoms with Gasteiger partial charge in [-0.25, -0.2) is 0 Å². The van der Waals surface area contributed by atoms with Gasteiger partial charge in [-0.15, -0.1) is 0 Å². The molecular formula is C25H52N6O5. The van der Waals surface area contributed by atoms with E-state index in [9.17, 15) is 19.5 Å². The van der Waals surface area contributed by atoms with E-state index < -0.39 is 12.1 Å². The third kappa shape index (κ3) is 17.6. The Labute approximate surface area is 217 Å². The van der Waals surface area contributed by atoms with Gasteiger partial charge in [-0.05, 0) is 83.8 Å². The summed E-state index contributed by atoms with van der Waals surface area (Å²) in [5.74, 6) is -0.714. The van der Waals surface area contributed by atoms with Crippen molar-refractivity contribution >= 4 is 17.7 Å². The Morgan fingerprint density at radius 1 is 0.750 bits per heavy atom. The molecule has 0 aliphatic rings. The summed E-state index contributed by atoms with van der Waals surface area (Å²) in [6.07, 6.45) is 7.94. The maximum Gasteiger partial charge on any atom is 0.243 e. The second-order valence-corrected chi connectivity index (χ2v) is 9.29. The van der Waals surface area contributed by atoms with Gasteiger partial charge < -0.3 is 43.0 Å². The van der Waals surface area contributed by atoms with Gasteiger partial charge in [-0.2, -0.15) is 0 Å². The van der Waals surface area contributed by atoms with Crippen LogP contribution in [0, 0.1) is 5.92 Å². The molecule has 1 unspecified atom stereocenters. The molecule has 0 radical (unpaired) electrons. The Kier molecular flexibility index (Phi) is 22.4. The summed E-state index contributed by atoms with van der Waals surface area (Å²) in [6.45, 7) is 2.59. The lowest BCUT2D eigenvalue weighted by Gasteiger charge is -2.23. The van der Waals surface area contributed by atoms with Crippen LogP contribution in [0.5, 0.6) is 0 Å². The maximum atomic E-state index is 13.1. The monoisotopic (exact) mass is 516 g/mol. The van der Waals surface area contributed by atoms with Gasteiger partial charge in [-0.3, -0.25) is 14.4 Å². The SMILES string of the molecule is COCC(CO)CCCCNC(=O)[C@H](CCCCN)NC(=O)[C@H](CCCCN)NC(=O)CCCCN. The van der Waals surface area contributed by atoms with Gasteiger partial charge >= 0.3 is 0 Å². The number of carbonyl (C=O) groups excluding carboxylic acids is 3. The second-order valence-electron chi connectivity index (χ2n) is 9.29. The molecule has 3 amide bonds. The van der Waals surface area contributed by atoms with E-state index in [0.29, 0.717) is 71.3 Å². The normalized spacial score (nSPS) is 13.6. The minimum Gasteiger partial charge on any atom is -0.396 e. The van der Waals surface area contributed by atoms with Crippen LogP contribution in [0.3, 0.4) is 0 Å². The van der Waals surface area contributed by atoms with E-state index in [1.54, 1.807) is 7.11 Å². The molecule has 0 rings (SSSR count). The van der Waals surface area contributed by atoms with Crippen molar-refractivity contribution in [3.05, 3.63) is 0 Å². The molecule has 0 aliphatic carbocycles. The molecule has 0 saturated heterocycles. The molecule has 3 atom stereocenters. The smallest absolute Gasteiger partial charge is 0.243 e. The average molecular weight is 517 g/mol. The van der Waals surface area contributed by atoms with Crippen molar-refractivity contribution in [2.45, 2.75) is 89.1 Å². The fraction of sp³-hybridized carbons (Fsp3) is 0.880.